The van der Waals surface area contributed by atoms with Crippen molar-refractivity contribution >= 4 is 23.4 Å². The summed E-state index contributed by atoms with van der Waals surface area (Å²) in [6.07, 6.45) is 4.90. The van der Waals surface area contributed by atoms with Crippen LogP contribution in [0.3, 0.4) is 0 Å². The molecule has 0 aliphatic carbocycles. The molecule has 1 saturated heterocycles. The Labute approximate surface area is 175 Å². The van der Waals surface area contributed by atoms with Gasteiger partial charge in [0.05, 0.1) is 11.9 Å². The molecule has 1 amide bonds. The number of rotatable bonds is 3. The fraction of sp³-hybridized carbons (Fsp3) is 0.429. The number of carbonyl (C=O) groups is 1. The molecular formula is C21H27N7O2. The molecule has 30 heavy (non-hydrogen) atoms. The molecule has 1 fully saturated rings. The molecule has 1 aliphatic heterocycles. The summed E-state index contributed by atoms with van der Waals surface area (Å²) in [5.41, 5.74) is 7.71. The summed E-state index contributed by atoms with van der Waals surface area (Å²) in [6, 6.07) is 7.75. The average Bonchev–Trinajstić information content (AvgIpc) is 3.11. The fourth-order valence-corrected chi connectivity index (χ4v) is 3.45. The number of nitrogens with two attached hydrogens (primary N) is 1. The molecule has 3 aromatic rings. The zero-order valence-electron chi connectivity index (χ0n) is 17.5. The molecule has 9 heteroatoms. The Bertz CT molecular complexity index is 1030. The average molecular weight is 409 g/mol. The van der Waals surface area contributed by atoms with E-state index in [1.807, 2.05) is 39.0 Å². The molecule has 0 aromatic carbocycles. The van der Waals surface area contributed by atoms with Crippen LogP contribution in [0.25, 0.3) is 16.9 Å². The highest BCUT2D eigenvalue weighted by atomic mass is 16.6. The summed E-state index contributed by atoms with van der Waals surface area (Å²) >= 11 is 0. The summed E-state index contributed by atoms with van der Waals surface area (Å²) in [6.45, 7) is 6.95. The van der Waals surface area contributed by atoms with Crippen molar-refractivity contribution in [1.29, 1.82) is 0 Å². The second-order valence-electron chi connectivity index (χ2n) is 8.49. The van der Waals surface area contributed by atoms with Crippen molar-refractivity contribution in [2.75, 3.05) is 24.1 Å². The number of ether oxygens (including phenoxy) is 1. The van der Waals surface area contributed by atoms with Crippen molar-refractivity contribution in [3.05, 3.63) is 36.7 Å². The van der Waals surface area contributed by atoms with Gasteiger partial charge in [0, 0.05) is 30.9 Å². The van der Waals surface area contributed by atoms with Gasteiger partial charge in [-0.15, -0.1) is 5.10 Å². The third kappa shape index (κ3) is 4.45. The van der Waals surface area contributed by atoms with Crippen LogP contribution < -0.4 is 11.1 Å². The lowest BCUT2D eigenvalue weighted by Crippen LogP contribution is -2.44. The van der Waals surface area contributed by atoms with Crippen molar-refractivity contribution in [2.45, 2.75) is 45.3 Å². The summed E-state index contributed by atoms with van der Waals surface area (Å²) in [4.78, 5) is 22.6. The van der Waals surface area contributed by atoms with Gasteiger partial charge >= 0.3 is 6.09 Å². The van der Waals surface area contributed by atoms with Gasteiger partial charge in [-0.1, -0.05) is 0 Å². The largest absolute Gasteiger partial charge is 0.444 e. The Hall–Kier alpha value is -3.36. The van der Waals surface area contributed by atoms with Crippen molar-refractivity contribution in [2.24, 2.45) is 0 Å². The highest BCUT2D eigenvalue weighted by Crippen LogP contribution is 2.22. The lowest BCUT2D eigenvalue weighted by Gasteiger charge is -2.33. The molecule has 9 nitrogen and oxygen atoms in total. The Balaban J connectivity index is 1.43. The molecule has 0 spiro atoms. The maximum absolute atomic E-state index is 12.2. The van der Waals surface area contributed by atoms with E-state index in [1.54, 1.807) is 27.9 Å². The summed E-state index contributed by atoms with van der Waals surface area (Å²) < 4.78 is 7.26. The van der Waals surface area contributed by atoms with Crippen LogP contribution in [0.1, 0.15) is 33.6 Å². The van der Waals surface area contributed by atoms with Crippen LogP contribution in [0.2, 0.25) is 0 Å². The first-order valence-corrected chi connectivity index (χ1v) is 10.1. The molecular weight excluding hydrogens is 382 g/mol. The first-order chi connectivity index (χ1) is 14.3. The monoisotopic (exact) mass is 409 g/mol. The predicted molar refractivity (Wildman–Crippen MR) is 115 cm³/mol. The maximum Gasteiger partial charge on any atom is 0.410 e. The van der Waals surface area contributed by atoms with Crippen LogP contribution in [-0.2, 0) is 4.74 Å². The van der Waals surface area contributed by atoms with E-state index in [4.69, 9.17) is 15.6 Å². The third-order valence-electron chi connectivity index (χ3n) is 4.94. The molecule has 1 aliphatic rings. The predicted octanol–water partition coefficient (Wildman–Crippen LogP) is 3.18. The number of amides is 1. The third-order valence-corrected chi connectivity index (χ3v) is 4.94. The van der Waals surface area contributed by atoms with Crippen LogP contribution in [-0.4, -0.2) is 55.3 Å². The number of imidazole rings is 1. The zero-order chi connectivity index (χ0) is 21.3. The number of anilines is 2. The minimum absolute atomic E-state index is 0.235. The molecule has 4 heterocycles. The molecule has 3 aromatic heterocycles. The number of hydrogen-bond acceptors (Lipinski definition) is 7. The van der Waals surface area contributed by atoms with Gasteiger partial charge in [0.1, 0.15) is 17.2 Å². The standard InChI is InChI=1S/C21H27N7O2/c1-21(2,3)30-20(29)27-10-8-15(9-11-27)25-18-6-7-19-24-13-16(28(19)26-18)14-4-5-17(22)23-12-14/h4-7,12-13,15H,8-11H2,1-3H3,(H2,22,23)(H,25,26). The van der Waals surface area contributed by atoms with E-state index in [0.717, 1.165) is 35.6 Å². The number of hydrogen-bond donors (Lipinski definition) is 2. The van der Waals surface area contributed by atoms with Crippen LogP contribution in [0.5, 0.6) is 0 Å². The maximum atomic E-state index is 12.2. The second kappa shape index (κ2) is 7.81. The van der Waals surface area contributed by atoms with E-state index in [-0.39, 0.29) is 12.1 Å². The Kier molecular flexibility index (Phi) is 5.19. The van der Waals surface area contributed by atoms with Gasteiger partial charge in [-0.05, 0) is 57.9 Å². The molecule has 0 radical (unpaired) electrons. The van der Waals surface area contributed by atoms with Gasteiger partial charge in [0.15, 0.2) is 5.65 Å². The number of aromatic nitrogens is 4. The van der Waals surface area contributed by atoms with Gasteiger partial charge in [-0.2, -0.15) is 0 Å². The molecule has 0 unspecified atom stereocenters. The smallest absolute Gasteiger partial charge is 0.410 e. The highest BCUT2D eigenvalue weighted by molar-refractivity contribution is 5.68. The zero-order valence-corrected chi connectivity index (χ0v) is 17.5. The fourth-order valence-electron chi connectivity index (χ4n) is 3.45. The van der Waals surface area contributed by atoms with E-state index in [9.17, 15) is 4.79 Å². The number of carbonyl (C=O) groups excluding carboxylic acids is 1. The number of pyridine rings is 1. The Morgan fingerprint density at radius 3 is 2.57 bits per heavy atom. The minimum Gasteiger partial charge on any atom is -0.444 e. The van der Waals surface area contributed by atoms with E-state index >= 15 is 0 Å². The number of likely N-dealkylation sites (tertiary alicyclic amines) is 1. The van der Waals surface area contributed by atoms with E-state index < -0.39 is 5.60 Å². The minimum atomic E-state index is -0.478. The number of nitrogens with one attached hydrogen (secondary N) is 1. The molecule has 158 valence electrons. The molecule has 0 bridgehead atoms. The van der Waals surface area contributed by atoms with Crippen molar-refractivity contribution in [3.63, 3.8) is 0 Å². The molecule has 4 rings (SSSR count). The normalized spacial score (nSPS) is 15.4. The van der Waals surface area contributed by atoms with Crippen LogP contribution in [0.4, 0.5) is 16.4 Å². The lowest BCUT2D eigenvalue weighted by molar-refractivity contribution is 0.0210. The summed E-state index contributed by atoms with van der Waals surface area (Å²) in [7, 11) is 0. The van der Waals surface area contributed by atoms with E-state index in [2.05, 4.69) is 15.3 Å². The summed E-state index contributed by atoms with van der Waals surface area (Å²) in [5, 5.41) is 8.19. The first kappa shape index (κ1) is 19.9. The SMILES string of the molecule is CC(C)(C)OC(=O)N1CCC(Nc2ccc3ncc(-c4ccc(N)nc4)n3n2)CC1. The van der Waals surface area contributed by atoms with Gasteiger partial charge in [0.2, 0.25) is 0 Å². The molecule has 0 atom stereocenters. The number of fused-ring (bicyclic) bond motifs is 1. The lowest BCUT2D eigenvalue weighted by atomic mass is 10.1. The quantitative estimate of drug-likeness (QED) is 0.683. The van der Waals surface area contributed by atoms with Crippen LogP contribution in [0, 0.1) is 0 Å². The number of nitrogens with zero attached hydrogens (tertiary/aromatic N) is 5. The number of nitrogen functional groups attached to an aromatic ring is 1. The molecule has 3 N–H and O–H groups in total. The van der Waals surface area contributed by atoms with Gasteiger partial charge < -0.3 is 20.7 Å². The van der Waals surface area contributed by atoms with Crippen molar-refractivity contribution in [3.8, 4) is 11.3 Å². The van der Waals surface area contributed by atoms with E-state index in [0.29, 0.717) is 18.9 Å². The van der Waals surface area contributed by atoms with Crippen LogP contribution >= 0.6 is 0 Å². The van der Waals surface area contributed by atoms with E-state index in [1.165, 1.54) is 0 Å². The topological polar surface area (TPSA) is 111 Å². The second-order valence-corrected chi connectivity index (χ2v) is 8.49. The number of piperidine rings is 1. The van der Waals surface area contributed by atoms with Crippen molar-refractivity contribution in [1.82, 2.24) is 24.5 Å². The summed E-state index contributed by atoms with van der Waals surface area (Å²) in [5.74, 6) is 1.24. The first-order valence-electron chi connectivity index (χ1n) is 10.1. The van der Waals surface area contributed by atoms with Gasteiger partial charge in [0.25, 0.3) is 0 Å². The van der Waals surface area contributed by atoms with Crippen LogP contribution in [0.15, 0.2) is 36.7 Å². The Morgan fingerprint density at radius 2 is 1.90 bits per heavy atom. The molecule has 0 saturated carbocycles. The Morgan fingerprint density at radius 1 is 1.13 bits per heavy atom. The van der Waals surface area contributed by atoms with Crippen molar-refractivity contribution < 1.29 is 9.53 Å². The van der Waals surface area contributed by atoms with Gasteiger partial charge in [-0.3, -0.25) is 0 Å². The highest BCUT2D eigenvalue weighted by Gasteiger charge is 2.27. The van der Waals surface area contributed by atoms with Gasteiger partial charge in [-0.25, -0.2) is 19.3 Å².